The number of benzene rings is 5. The molecule has 0 unspecified atom stereocenters. The van der Waals surface area contributed by atoms with Crippen molar-refractivity contribution in [3.63, 3.8) is 0 Å². The largest absolute Gasteiger partial charge is 0.488 e. The standard InChI is InChI=1S/C34H24ClFN4O2S/c35-26-13-15-28(16-14-26)38-34-39-31(21-43-34)24-8-10-25(11-9-24)33(41)40-37-19-30-29-7-2-1-5-23(29)12-17-32(30)42-20-22-4-3-6-27(36)18-22/h1-19,21H,20H2,(H,38,39)(H,40,41)/b37-19-. The summed E-state index contributed by atoms with van der Waals surface area (Å²) in [6, 6.07) is 32.5. The highest BCUT2D eigenvalue weighted by molar-refractivity contribution is 7.14. The zero-order chi connectivity index (χ0) is 29.6. The molecular weight excluding hydrogens is 583 g/mol. The van der Waals surface area contributed by atoms with Crippen LogP contribution in [-0.2, 0) is 6.61 Å². The fraction of sp³-hybridized carbons (Fsp3) is 0.0294. The maximum atomic E-state index is 13.6. The van der Waals surface area contributed by atoms with E-state index in [-0.39, 0.29) is 18.3 Å². The van der Waals surface area contributed by atoms with Gasteiger partial charge in [0.1, 0.15) is 18.2 Å². The number of aromatic nitrogens is 1. The highest BCUT2D eigenvalue weighted by Crippen LogP contribution is 2.29. The van der Waals surface area contributed by atoms with Gasteiger partial charge >= 0.3 is 0 Å². The number of carbonyl (C=O) groups is 1. The van der Waals surface area contributed by atoms with Gasteiger partial charge in [0.25, 0.3) is 5.91 Å². The average molecular weight is 607 g/mol. The van der Waals surface area contributed by atoms with Gasteiger partial charge in [0.05, 0.1) is 11.9 Å². The molecule has 0 fully saturated rings. The molecule has 9 heteroatoms. The summed E-state index contributed by atoms with van der Waals surface area (Å²) in [7, 11) is 0. The Labute approximate surface area is 256 Å². The maximum Gasteiger partial charge on any atom is 0.271 e. The van der Waals surface area contributed by atoms with Crippen molar-refractivity contribution in [1.82, 2.24) is 10.4 Å². The Hall–Kier alpha value is -5.05. The van der Waals surface area contributed by atoms with Gasteiger partial charge in [-0.15, -0.1) is 11.3 Å². The number of hydrazone groups is 1. The fourth-order valence-corrected chi connectivity index (χ4v) is 5.32. The summed E-state index contributed by atoms with van der Waals surface area (Å²) in [4.78, 5) is 17.5. The van der Waals surface area contributed by atoms with Crippen molar-refractivity contribution in [3.05, 3.63) is 142 Å². The highest BCUT2D eigenvalue weighted by atomic mass is 35.5. The van der Waals surface area contributed by atoms with Gasteiger partial charge in [-0.05, 0) is 70.9 Å². The SMILES string of the molecule is O=C(N/N=C\c1c(OCc2cccc(F)c2)ccc2ccccc12)c1ccc(-c2csc(Nc3ccc(Cl)cc3)n2)cc1. The zero-order valence-corrected chi connectivity index (χ0v) is 24.2. The first-order chi connectivity index (χ1) is 21.0. The molecule has 1 amide bonds. The van der Waals surface area contributed by atoms with Gasteiger partial charge in [0, 0.05) is 32.8 Å². The Balaban J connectivity index is 1.13. The molecular formula is C34H24ClFN4O2S. The van der Waals surface area contributed by atoms with Crippen LogP contribution in [-0.4, -0.2) is 17.1 Å². The molecule has 212 valence electrons. The molecule has 1 aromatic heterocycles. The monoisotopic (exact) mass is 606 g/mol. The van der Waals surface area contributed by atoms with Crippen LogP contribution in [0.5, 0.6) is 5.75 Å². The molecule has 0 aliphatic heterocycles. The van der Waals surface area contributed by atoms with Crippen LogP contribution in [0.15, 0.2) is 120 Å². The molecule has 6 aromatic rings. The van der Waals surface area contributed by atoms with Crippen LogP contribution in [0.1, 0.15) is 21.5 Å². The highest BCUT2D eigenvalue weighted by Gasteiger charge is 2.11. The number of halogens is 2. The quantitative estimate of drug-likeness (QED) is 0.127. The molecule has 0 radical (unpaired) electrons. The lowest BCUT2D eigenvalue weighted by atomic mass is 10.0. The molecule has 43 heavy (non-hydrogen) atoms. The van der Waals surface area contributed by atoms with E-state index < -0.39 is 0 Å². The van der Waals surface area contributed by atoms with Crippen molar-refractivity contribution >= 4 is 56.7 Å². The van der Waals surface area contributed by atoms with Crippen LogP contribution in [0.25, 0.3) is 22.0 Å². The summed E-state index contributed by atoms with van der Waals surface area (Å²) in [5, 5.41) is 12.8. The molecule has 1 heterocycles. The lowest BCUT2D eigenvalue weighted by Gasteiger charge is -2.12. The second-order valence-corrected chi connectivity index (χ2v) is 10.9. The number of hydrogen-bond acceptors (Lipinski definition) is 6. The van der Waals surface area contributed by atoms with E-state index in [1.54, 1.807) is 30.5 Å². The van der Waals surface area contributed by atoms with E-state index in [1.165, 1.54) is 23.5 Å². The van der Waals surface area contributed by atoms with E-state index >= 15 is 0 Å². The predicted molar refractivity (Wildman–Crippen MR) is 172 cm³/mol. The lowest BCUT2D eigenvalue weighted by molar-refractivity contribution is 0.0955. The third kappa shape index (κ3) is 6.89. The number of fused-ring (bicyclic) bond motifs is 1. The normalized spacial score (nSPS) is 11.1. The Kier molecular flexibility index (Phi) is 8.40. The third-order valence-electron chi connectivity index (χ3n) is 6.62. The van der Waals surface area contributed by atoms with Crippen molar-refractivity contribution in [2.75, 3.05) is 5.32 Å². The number of ether oxygens (including phenoxy) is 1. The third-order valence-corrected chi connectivity index (χ3v) is 7.63. The summed E-state index contributed by atoms with van der Waals surface area (Å²) >= 11 is 7.45. The van der Waals surface area contributed by atoms with Crippen LogP contribution in [0.4, 0.5) is 15.2 Å². The van der Waals surface area contributed by atoms with Gasteiger partial charge in [-0.3, -0.25) is 4.79 Å². The molecule has 0 aliphatic carbocycles. The molecule has 0 bridgehead atoms. The second kappa shape index (κ2) is 12.9. The van der Waals surface area contributed by atoms with Crippen LogP contribution in [0.3, 0.4) is 0 Å². The van der Waals surface area contributed by atoms with Gasteiger partial charge in [-0.25, -0.2) is 14.8 Å². The number of carbonyl (C=O) groups excluding carboxylic acids is 1. The van der Waals surface area contributed by atoms with Crippen molar-refractivity contribution in [3.8, 4) is 17.0 Å². The number of rotatable bonds is 9. The molecule has 6 rings (SSSR count). The molecule has 0 saturated heterocycles. The number of anilines is 2. The van der Waals surface area contributed by atoms with Crippen LogP contribution < -0.4 is 15.5 Å². The number of thiazole rings is 1. The zero-order valence-electron chi connectivity index (χ0n) is 22.6. The van der Waals surface area contributed by atoms with Crippen molar-refractivity contribution in [2.45, 2.75) is 6.61 Å². The first kappa shape index (κ1) is 28.1. The van der Waals surface area contributed by atoms with Gasteiger partial charge in [0.15, 0.2) is 5.13 Å². The number of amides is 1. The van der Waals surface area contributed by atoms with Crippen molar-refractivity contribution in [1.29, 1.82) is 0 Å². The van der Waals surface area contributed by atoms with E-state index in [2.05, 4.69) is 20.8 Å². The molecule has 0 atom stereocenters. The molecule has 0 spiro atoms. The smallest absolute Gasteiger partial charge is 0.271 e. The predicted octanol–water partition coefficient (Wildman–Crippen LogP) is 8.84. The van der Waals surface area contributed by atoms with E-state index in [1.807, 2.05) is 78.2 Å². The molecule has 6 nitrogen and oxygen atoms in total. The van der Waals surface area contributed by atoms with E-state index in [0.29, 0.717) is 27.5 Å². The van der Waals surface area contributed by atoms with E-state index in [9.17, 15) is 9.18 Å². The lowest BCUT2D eigenvalue weighted by Crippen LogP contribution is -2.17. The van der Waals surface area contributed by atoms with Crippen molar-refractivity contribution < 1.29 is 13.9 Å². The van der Waals surface area contributed by atoms with Crippen LogP contribution in [0, 0.1) is 5.82 Å². The minimum absolute atomic E-state index is 0.188. The van der Waals surface area contributed by atoms with Crippen molar-refractivity contribution in [2.24, 2.45) is 5.10 Å². The minimum Gasteiger partial charge on any atom is -0.488 e. The van der Waals surface area contributed by atoms with Crippen LogP contribution >= 0.6 is 22.9 Å². The van der Waals surface area contributed by atoms with Gasteiger partial charge in [0.2, 0.25) is 0 Å². The number of hydrogen-bond donors (Lipinski definition) is 2. The summed E-state index contributed by atoms with van der Waals surface area (Å²) in [6.45, 7) is 0.188. The maximum absolute atomic E-state index is 13.6. The number of nitrogens with one attached hydrogen (secondary N) is 2. The fourth-order valence-electron chi connectivity index (χ4n) is 4.46. The van der Waals surface area contributed by atoms with E-state index in [4.69, 9.17) is 16.3 Å². The van der Waals surface area contributed by atoms with Gasteiger partial charge in [-0.2, -0.15) is 5.10 Å². The topological polar surface area (TPSA) is 75.6 Å². The summed E-state index contributed by atoms with van der Waals surface area (Å²) in [5.74, 6) is -0.105. The molecule has 0 saturated carbocycles. The van der Waals surface area contributed by atoms with Gasteiger partial charge < -0.3 is 10.1 Å². The molecule has 5 aromatic carbocycles. The average Bonchev–Trinajstić information content (AvgIpc) is 3.50. The Morgan fingerprint density at radius 1 is 0.953 bits per heavy atom. The Bertz CT molecular complexity index is 1920. The van der Waals surface area contributed by atoms with Crippen LogP contribution in [0.2, 0.25) is 5.02 Å². The van der Waals surface area contributed by atoms with E-state index in [0.717, 1.165) is 32.8 Å². The van der Waals surface area contributed by atoms with Gasteiger partial charge in [-0.1, -0.05) is 66.2 Å². The molecule has 2 N–H and O–H groups in total. The minimum atomic E-state index is -0.353. The second-order valence-electron chi connectivity index (χ2n) is 9.56. The summed E-state index contributed by atoms with van der Waals surface area (Å²) < 4.78 is 19.7. The summed E-state index contributed by atoms with van der Waals surface area (Å²) in [5.41, 5.74) is 7.06. The Morgan fingerprint density at radius 3 is 2.58 bits per heavy atom. The summed E-state index contributed by atoms with van der Waals surface area (Å²) in [6.07, 6.45) is 1.57. The first-order valence-corrected chi connectivity index (χ1v) is 14.6. The molecule has 0 aliphatic rings. The Morgan fingerprint density at radius 2 is 1.77 bits per heavy atom. The number of nitrogens with zero attached hydrogens (tertiary/aromatic N) is 2. The first-order valence-electron chi connectivity index (χ1n) is 13.3.